The molecule has 2 bridgehead atoms. The van der Waals surface area contributed by atoms with E-state index in [1.165, 1.54) is 19.3 Å². The van der Waals surface area contributed by atoms with E-state index in [0.29, 0.717) is 40.5 Å². The van der Waals surface area contributed by atoms with Crippen molar-refractivity contribution in [3.63, 3.8) is 0 Å². The van der Waals surface area contributed by atoms with Crippen LogP contribution >= 0.6 is 0 Å². The maximum atomic E-state index is 12.0. The average molecular weight is 355 g/mol. The van der Waals surface area contributed by atoms with Crippen molar-refractivity contribution in [3.05, 3.63) is 0 Å². The molecule has 146 valence electrons. The number of fused-ring (bicyclic) bond motifs is 2. The first kappa shape index (κ1) is 20.7. The molecule has 0 spiro atoms. The highest BCUT2D eigenvalue weighted by molar-refractivity contribution is 5.70. The van der Waals surface area contributed by atoms with Crippen LogP contribution in [0.5, 0.6) is 0 Å². The highest BCUT2D eigenvalue weighted by atomic mass is 16.5. The van der Waals surface area contributed by atoms with Crippen LogP contribution in [0, 0.1) is 22.7 Å². The van der Waals surface area contributed by atoms with E-state index in [0.717, 1.165) is 25.5 Å². The molecule has 0 aromatic heterocycles. The summed E-state index contributed by atoms with van der Waals surface area (Å²) in [6.45, 7) is 14.0. The van der Waals surface area contributed by atoms with E-state index in [4.69, 9.17) is 9.47 Å². The van der Waals surface area contributed by atoms with Crippen molar-refractivity contribution in [3.8, 4) is 0 Å². The lowest BCUT2D eigenvalue weighted by Crippen LogP contribution is -2.47. The summed E-state index contributed by atoms with van der Waals surface area (Å²) < 4.78 is 12.3. The lowest BCUT2D eigenvalue weighted by Gasteiger charge is -2.39. The van der Waals surface area contributed by atoms with Crippen LogP contribution in [0.15, 0.2) is 0 Å². The fraction of sp³-hybridized carbons (Fsp3) is 0.952. The molecule has 4 heteroatoms. The van der Waals surface area contributed by atoms with Gasteiger partial charge < -0.3 is 14.0 Å². The Balaban J connectivity index is 1.73. The topological polar surface area (TPSA) is 35.5 Å². The summed E-state index contributed by atoms with van der Waals surface area (Å²) in [6.07, 6.45) is 5.15. The number of esters is 1. The molecule has 0 N–H and O–H groups in total. The van der Waals surface area contributed by atoms with Gasteiger partial charge in [-0.25, -0.2) is 4.79 Å². The Morgan fingerprint density at radius 2 is 1.88 bits per heavy atom. The Bertz CT molecular complexity index is 472. The Labute approximate surface area is 154 Å². The third-order valence-electron chi connectivity index (χ3n) is 7.24. The molecule has 2 saturated carbocycles. The van der Waals surface area contributed by atoms with E-state index < -0.39 is 0 Å². The fourth-order valence-corrected chi connectivity index (χ4v) is 4.71. The molecule has 0 radical (unpaired) electrons. The van der Waals surface area contributed by atoms with E-state index in [1.807, 2.05) is 0 Å². The minimum Gasteiger partial charge on any atom is -0.462 e. The summed E-state index contributed by atoms with van der Waals surface area (Å²) in [5.41, 5.74) is 0.701. The van der Waals surface area contributed by atoms with Gasteiger partial charge in [0.25, 0.3) is 0 Å². The van der Waals surface area contributed by atoms with Gasteiger partial charge in [-0.2, -0.15) is 0 Å². The summed E-state index contributed by atoms with van der Waals surface area (Å²) in [5.74, 6) is 1.27. The zero-order chi connectivity index (χ0) is 18.9. The second-order valence-electron chi connectivity index (χ2n) is 10.2. The smallest absolute Gasteiger partial charge is 0.361 e. The zero-order valence-corrected chi connectivity index (χ0v) is 17.6. The normalized spacial score (nSPS) is 30.9. The van der Waals surface area contributed by atoms with Crippen molar-refractivity contribution >= 4 is 5.97 Å². The summed E-state index contributed by atoms with van der Waals surface area (Å²) in [6, 6.07) is 0. The first-order chi connectivity index (χ1) is 11.5. The minimum atomic E-state index is -0.0985. The van der Waals surface area contributed by atoms with Crippen molar-refractivity contribution in [2.24, 2.45) is 22.7 Å². The monoisotopic (exact) mass is 354 g/mol. The van der Waals surface area contributed by atoms with Gasteiger partial charge in [0.2, 0.25) is 0 Å². The molecule has 2 aliphatic rings. The van der Waals surface area contributed by atoms with E-state index in [2.05, 4.69) is 48.7 Å². The van der Waals surface area contributed by atoms with Gasteiger partial charge in [-0.3, -0.25) is 0 Å². The molecule has 3 atom stereocenters. The van der Waals surface area contributed by atoms with Gasteiger partial charge in [-0.1, -0.05) is 34.6 Å². The molecule has 0 heterocycles. The van der Waals surface area contributed by atoms with Gasteiger partial charge in [0.1, 0.15) is 6.54 Å². The van der Waals surface area contributed by atoms with E-state index in [1.54, 1.807) is 0 Å². The van der Waals surface area contributed by atoms with E-state index >= 15 is 0 Å². The van der Waals surface area contributed by atoms with Crippen LogP contribution in [0.3, 0.4) is 0 Å². The fourth-order valence-electron chi connectivity index (χ4n) is 4.71. The highest BCUT2D eigenvalue weighted by Gasteiger charge is 2.61. The molecule has 0 unspecified atom stereocenters. The number of quaternary nitrogens is 1. The second kappa shape index (κ2) is 7.56. The van der Waals surface area contributed by atoms with E-state index in [9.17, 15) is 4.79 Å². The number of likely N-dealkylation sites (N-methyl/N-ethyl adjacent to an activating group) is 1. The van der Waals surface area contributed by atoms with Gasteiger partial charge in [0.05, 0.1) is 33.4 Å². The van der Waals surface area contributed by atoms with Crippen molar-refractivity contribution in [2.75, 3.05) is 40.4 Å². The number of ether oxygens (including phenoxy) is 2. The molecule has 0 aliphatic heterocycles. The Kier molecular flexibility index (Phi) is 6.26. The molecule has 4 nitrogen and oxygen atoms in total. The van der Waals surface area contributed by atoms with Crippen molar-refractivity contribution in [2.45, 2.75) is 66.4 Å². The molecule has 2 fully saturated rings. The number of hydrogen-bond donors (Lipinski definition) is 0. The molecule has 2 rings (SSSR count). The summed E-state index contributed by atoms with van der Waals surface area (Å²) >= 11 is 0. The quantitative estimate of drug-likeness (QED) is 0.465. The van der Waals surface area contributed by atoms with Crippen LogP contribution in [-0.2, 0) is 14.3 Å². The van der Waals surface area contributed by atoms with Crippen LogP contribution in [0.25, 0.3) is 0 Å². The molecular weight excluding hydrogens is 314 g/mol. The molecule has 2 aliphatic carbocycles. The van der Waals surface area contributed by atoms with Gasteiger partial charge >= 0.3 is 5.97 Å². The molecule has 0 aromatic carbocycles. The number of carbonyl (C=O) groups excluding carboxylic acids is 1. The first-order valence-corrected chi connectivity index (χ1v) is 10.1. The first-order valence-electron chi connectivity index (χ1n) is 10.1. The predicted molar refractivity (Wildman–Crippen MR) is 101 cm³/mol. The molecule has 25 heavy (non-hydrogen) atoms. The Morgan fingerprint density at radius 3 is 2.40 bits per heavy atom. The Hall–Kier alpha value is -0.610. The maximum absolute atomic E-state index is 12.0. The lowest BCUT2D eigenvalue weighted by molar-refractivity contribution is -0.883. The van der Waals surface area contributed by atoms with E-state index in [-0.39, 0.29) is 5.97 Å². The molecule has 0 aromatic rings. The Morgan fingerprint density at radius 1 is 1.20 bits per heavy atom. The van der Waals surface area contributed by atoms with Gasteiger partial charge in [0.15, 0.2) is 6.54 Å². The van der Waals surface area contributed by atoms with Crippen LogP contribution < -0.4 is 0 Å². The van der Waals surface area contributed by atoms with Crippen LogP contribution in [0.2, 0.25) is 0 Å². The third-order valence-corrected chi connectivity index (χ3v) is 7.24. The van der Waals surface area contributed by atoms with Crippen molar-refractivity contribution in [1.82, 2.24) is 0 Å². The largest absolute Gasteiger partial charge is 0.462 e. The van der Waals surface area contributed by atoms with Gasteiger partial charge in [0, 0.05) is 0 Å². The van der Waals surface area contributed by atoms with Crippen LogP contribution in [-0.4, -0.2) is 57.0 Å². The zero-order valence-electron chi connectivity index (χ0n) is 17.6. The number of rotatable bonds is 9. The van der Waals surface area contributed by atoms with Crippen molar-refractivity contribution < 1.29 is 18.8 Å². The number of nitrogens with zero attached hydrogens (tertiary/aromatic N) is 1. The second-order valence-corrected chi connectivity index (χ2v) is 10.2. The average Bonchev–Trinajstić information content (AvgIpc) is 2.79. The van der Waals surface area contributed by atoms with Crippen LogP contribution in [0.1, 0.15) is 60.3 Å². The minimum absolute atomic E-state index is 0.0985. The lowest BCUT2D eigenvalue weighted by atomic mass is 9.70. The summed E-state index contributed by atoms with van der Waals surface area (Å²) in [4.78, 5) is 12.0. The number of carbonyl (C=O) groups is 1. The molecular formula is C21H40NO3+. The molecule has 0 amide bonds. The standard InChI is InChI=1S/C21H40NO3/c1-16(2)9-12-25-19(23)15-22(6,7)11-13-24-18-14-17-8-10-21(18,5)20(17,3)4/h16-18H,8-15H2,1-7H3/q+1/t17-,18+,21-/m1/s1. The van der Waals surface area contributed by atoms with Crippen LogP contribution in [0.4, 0.5) is 0 Å². The van der Waals surface area contributed by atoms with Gasteiger partial charge in [-0.15, -0.1) is 0 Å². The molecule has 0 saturated heterocycles. The highest BCUT2D eigenvalue weighted by Crippen LogP contribution is 2.66. The predicted octanol–water partition coefficient (Wildman–Crippen LogP) is 3.88. The summed E-state index contributed by atoms with van der Waals surface area (Å²) in [5, 5.41) is 0. The number of hydrogen-bond acceptors (Lipinski definition) is 3. The third kappa shape index (κ3) is 4.57. The maximum Gasteiger partial charge on any atom is 0.361 e. The SMILES string of the molecule is CC(C)CCOC(=O)C[N+](C)(C)CCO[C@H]1C[C@H]2CC[C@@]1(C)C2(C)C. The van der Waals surface area contributed by atoms with Crippen molar-refractivity contribution in [1.29, 1.82) is 0 Å². The van der Waals surface area contributed by atoms with Gasteiger partial charge in [-0.05, 0) is 48.3 Å². The summed E-state index contributed by atoms with van der Waals surface area (Å²) in [7, 11) is 4.17.